The van der Waals surface area contributed by atoms with Crippen molar-refractivity contribution < 1.29 is 4.52 Å². The van der Waals surface area contributed by atoms with Crippen LogP contribution >= 0.6 is 0 Å². The molecular weight excluding hydrogens is 156 g/mol. The van der Waals surface area contributed by atoms with E-state index in [1.807, 2.05) is 0 Å². The van der Waals surface area contributed by atoms with E-state index in [1.54, 1.807) is 6.20 Å². The molecule has 0 spiro atoms. The fourth-order valence-electron chi connectivity index (χ4n) is 1.41. The van der Waals surface area contributed by atoms with Gasteiger partial charge in [0.1, 0.15) is 6.20 Å². The van der Waals surface area contributed by atoms with Crippen LogP contribution in [0, 0.1) is 0 Å². The molecule has 1 aromatic heterocycles. The van der Waals surface area contributed by atoms with Crippen molar-refractivity contribution in [2.45, 2.75) is 18.9 Å². The molecule has 2 N–H and O–H groups in total. The molecule has 2 rings (SSSR count). The van der Waals surface area contributed by atoms with Crippen LogP contribution in [0.1, 0.15) is 12.8 Å². The minimum Gasteiger partial charge on any atom is -0.349 e. The standard InChI is InChI=1S/C7H12N4O/c1-2-6(4-8-3-1)10-7-5-9-11-12-7/h5-6,8,10H,1-4H2. The van der Waals surface area contributed by atoms with Crippen molar-refractivity contribution in [2.75, 3.05) is 18.4 Å². The maximum absolute atomic E-state index is 4.84. The van der Waals surface area contributed by atoms with E-state index in [9.17, 15) is 0 Å². The van der Waals surface area contributed by atoms with Gasteiger partial charge in [-0.05, 0) is 19.4 Å². The van der Waals surface area contributed by atoms with Gasteiger partial charge in [-0.3, -0.25) is 0 Å². The predicted octanol–water partition coefficient (Wildman–Crippen LogP) is 0.233. The van der Waals surface area contributed by atoms with Gasteiger partial charge in [0, 0.05) is 17.9 Å². The second kappa shape index (κ2) is 3.53. The molecule has 12 heavy (non-hydrogen) atoms. The molecule has 66 valence electrons. The van der Waals surface area contributed by atoms with Crippen molar-refractivity contribution in [2.24, 2.45) is 0 Å². The molecule has 5 nitrogen and oxygen atoms in total. The summed E-state index contributed by atoms with van der Waals surface area (Å²) >= 11 is 0. The number of rotatable bonds is 2. The smallest absolute Gasteiger partial charge is 0.245 e. The molecule has 1 atom stereocenters. The first-order chi connectivity index (χ1) is 5.95. The van der Waals surface area contributed by atoms with E-state index in [2.05, 4.69) is 21.0 Å². The topological polar surface area (TPSA) is 63.0 Å². The number of nitrogens with zero attached hydrogens (tertiary/aromatic N) is 2. The van der Waals surface area contributed by atoms with Gasteiger partial charge in [-0.15, -0.1) is 5.10 Å². The Morgan fingerprint density at radius 2 is 2.67 bits per heavy atom. The van der Waals surface area contributed by atoms with Crippen LogP contribution in [0.4, 0.5) is 5.88 Å². The minimum absolute atomic E-state index is 0.452. The Labute approximate surface area is 70.5 Å². The lowest BCUT2D eigenvalue weighted by Crippen LogP contribution is -2.38. The Morgan fingerprint density at radius 1 is 1.67 bits per heavy atom. The van der Waals surface area contributed by atoms with Gasteiger partial charge >= 0.3 is 0 Å². The first kappa shape index (κ1) is 7.54. The van der Waals surface area contributed by atoms with Crippen molar-refractivity contribution in [1.29, 1.82) is 0 Å². The van der Waals surface area contributed by atoms with Crippen molar-refractivity contribution in [3.63, 3.8) is 0 Å². The van der Waals surface area contributed by atoms with Crippen LogP contribution in [-0.4, -0.2) is 29.5 Å². The van der Waals surface area contributed by atoms with Crippen molar-refractivity contribution in [1.82, 2.24) is 15.7 Å². The highest BCUT2D eigenvalue weighted by Crippen LogP contribution is 2.09. The average Bonchev–Trinajstić information content (AvgIpc) is 2.59. The van der Waals surface area contributed by atoms with Crippen molar-refractivity contribution in [3.05, 3.63) is 6.20 Å². The number of nitrogens with one attached hydrogen (secondary N) is 2. The van der Waals surface area contributed by atoms with E-state index in [0.29, 0.717) is 11.9 Å². The van der Waals surface area contributed by atoms with Crippen LogP contribution in [0.25, 0.3) is 0 Å². The van der Waals surface area contributed by atoms with E-state index in [4.69, 9.17) is 4.52 Å². The Kier molecular flexibility index (Phi) is 2.22. The largest absolute Gasteiger partial charge is 0.349 e. The summed E-state index contributed by atoms with van der Waals surface area (Å²) in [6.07, 6.45) is 3.97. The van der Waals surface area contributed by atoms with Gasteiger partial charge in [-0.2, -0.15) is 0 Å². The maximum Gasteiger partial charge on any atom is 0.245 e. The van der Waals surface area contributed by atoms with Crippen LogP contribution in [0.3, 0.4) is 0 Å². The molecule has 0 amide bonds. The summed E-state index contributed by atoms with van der Waals surface area (Å²) in [5, 5.41) is 13.5. The van der Waals surface area contributed by atoms with Gasteiger partial charge in [-0.25, -0.2) is 0 Å². The number of hydrogen-bond donors (Lipinski definition) is 2. The molecule has 0 aromatic carbocycles. The first-order valence-electron chi connectivity index (χ1n) is 4.20. The zero-order valence-electron chi connectivity index (χ0n) is 6.79. The highest BCUT2D eigenvalue weighted by Gasteiger charge is 2.13. The molecule has 1 fully saturated rings. The SMILES string of the molecule is c1nnoc1NC1CCCNC1. The van der Waals surface area contributed by atoms with Gasteiger partial charge in [0.25, 0.3) is 0 Å². The lowest BCUT2D eigenvalue weighted by Gasteiger charge is -2.22. The average molecular weight is 168 g/mol. The molecule has 1 aliphatic rings. The summed E-state index contributed by atoms with van der Waals surface area (Å²) in [5.74, 6) is 0.656. The molecule has 5 heteroatoms. The van der Waals surface area contributed by atoms with E-state index in [1.165, 1.54) is 12.8 Å². The van der Waals surface area contributed by atoms with Crippen LogP contribution in [0.2, 0.25) is 0 Å². The van der Waals surface area contributed by atoms with Crippen LogP contribution in [0.15, 0.2) is 10.7 Å². The number of hydrogen-bond acceptors (Lipinski definition) is 5. The second-order valence-electron chi connectivity index (χ2n) is 2.97. The molecule has 0 aliphatic carbocycles. The third-order valence-electron chi connectivity index (χ3n) is 2.00. The molecule has 1 saturated heterocycles. The number of anilines is 1. The van der Waals surface area contributed by atoms with Gasteiger partial charge in [0.05, 0.1) is 0 Å². The quantitative estimate of drug-likeness (QED) is 0.662. The van der Waals surface area contributed by atoms with Crippen LogP contribution in [-0.2, 0) is 0 Å². The highest BCUT2D eigenvalue weighted by molar-refractivity contribution is 5.26. The van der Waals surface area contributed by atoms with E-state index >= 15 is 0 Å². The molecule has 1 unspecified atom stereocenters. The summed E-state index contributed by atoms with van der Waals surface area (Å²) < 4.78 is 4.84. The third kappa shape index (κ3) is 1.73. The van der Waals surface area contributed by atoms with Gasteiger partial charge in [0.15, 0.2) is 0 Å². The lowest BCUT2D eigenvalue weighted by molar-refractivity contribution is 0.392. The summed E-state index contributed by atoms with van der Waals surface area (Å²) in [4.78, 5) is 0. The monoisotopic (exact) mass is 168 g/mol. The third-order valence-corrected chi connectivity index (χ3v) is 2.00. The van der Waals surface area contributed by atoms with E-state index in [-0.39, 0.29) is 0 Å². The molecule has 0 bridgehead atoms. The normalized spacial score (nSPS) is 23.8. The molecule has 0 radical (unpaired) electrons. The molecule has 1 aromatic rings. The molecular formula is C7H12N4O. The van der Waals surface area contributed by atoms with Crippen LogP contribution in [0.5, 0.6) is 0 Å². The Hall–Kier alpha value is -1.10. The van der Waals surface area contributed by atoms with Gasteiger partial charge < -0.3 is 15.2 Å². The predicted molar refractivity (Wildman–Crippen MR) is 43.8 cm³/mol. The number of piperidine rings is 1. The molecule has 2 heterocycles. The Balaban J connectivity index is 1.86. The van der Waals surface area contributed by atoms with Crippen molar-refractivity contribution >= 4 is 5.88 Å². The van der Waals surface area contributed by atoms with Crippen LogP contribution < -0.4 is 10.6 Å². The van der Waals surface area contributed by atoms with E-state index < -0.39 is 0 Å². The Bertz CT molecular complexity index is 217. The minimum atomic E-state index is 0.452. The summed E-state index contributed by atoms with van der Waals surface area (Å²) in [5.41, 5.74) is 0. The fourth-order valence-corrected chi connectivity index (χ4v) is 1.41. The first-order valence-corrected chi connectivity index (χ1v) is 4.20. The molecule has 1 aliphatic heterocycles. The van der Waals surface area contributed by atoms with Gasteiger partial charge in [0.2, 0.25) is 5.88 Å². The maximum atomic E-state index is 4.84. The zero-order chi connectivity index (χ0) is 8.23. The fraction of sp³-hybridized carbons (Fsp3) is 0.714. The zero-order valence-corrected chi connectivity index (χ0v) is 6.79. The summed E-state index contributed by atoms with van der Waals surface area (Å²) in [6, 6.07) is 0.452. The highest BCUT2D eigenvalue weighted by atomic mass is 16.5. The summed E-state index contributed by atoms with van der Waals surface area (Å²) in [7, 11) is 0. The van der Waals surface area contributed by atoms with E-state index in [0.717, 1.165) is 13.1 Å². The number of aromatic nitrogens is 2. The van der Waals surface area contributed by atoms with Crippen molar-refractivity contribution in [3.8, 4) is 0 Å². The molecule has 0 saturated carbocycles. The Morgan fingerprint density at radius 3 is 3.33 bits per heavy atom. The second-order valence-corrected chi connectivity index (χ2v) is 2.97. The lowest BCUT2D eigenvalue weighted by atomic mass is 10.1. The summed E-state index contributed by atoms with van der Waals surface area (Å²) in [6.45, 7) is 2.10. The van der Waals surface area contributed by atoms with Gasteiger partial charge in [-0.1, -0.05) is 0 Å².